The zero-order valence-electron chi connectivity index (χ0n) is 11.1. The van der Waals surface area contributed by atoms with Gasteiger partial charge in [-0.05, 0) is 55.7 Å². The van der Waals surface area contributed by atoms with Gasteiger partial charge in [-0.25, -0.2) is 5.43 Å². The van der Waals surface area contributed by atoms with Crippen molar-refractivity contribution in [1.82, 2.24) is 5.43 Å². The van der Waals surface area contributed by atoms with Crippen molar-refractivity contribution in [2.45, 2.75) is 25.7 Å². The third-order valence-electron chi connectivity index (χ3n) is 4.14. The molecule has 2 bridgehead atoms. The van der Waals surface area contributed by atoms with Crippen LogP contribution in [0.25, 0.3) is 0 Å². The summed E-state index contributed by atoms with van der Waals surface area (Å²) in [4.78, 5) is 12.0. The van der Waals surface area contributed by atoms with E-state index in [9.17, 15) is 4.79 Å². The molecule has 2 aliphatic rings. The molecule has 2 aliphatic carbocycles. The Morgan fingerprint density at radius 2 is 2.32 bits per heavy atom. The Hall–Kier alpha value is -1.84. The number of carbonyl (C=O) groups is 1. The number of hydrogen-bond donors (Lipinski definition) is 1. The molecule has 2 fully saturated rings. The Bertz CT molecular complexity index is 525. The van der Waals surface area contributed by atoms with Crippen LogP contribution in [0.3, 0.4) is 0 Å². The van der Waals surface area contributed by atoms with E-state index in [1.807, 2.05) is 6.07 Å². The lowest BCUT2D eigenvalue weighted by Gasteiger charge is -2.11. The Kier molecular flexibility index (Phi) is 3.23. The van der Waals surface area contributed by atoms with Gasteiger partial charge >= 0.3 is 0 Å². The highest BCUT2D eigenvalue weighted by Crippen LogP contribution is 2.42. The second-order valence-corrected chi connectivity index (χ2v) is 5.36. The Morgan fingerprint density at radius 1 is 1.42 bits per heavy atom. The second-order valence-electron chi connectivity index (χ2n) is 5.36. The highest BCUT2D eigenvalue weighted by Gasteiger charge is 2.36. The molecule has 19 heavy (non-hydrogen) atoms. The monoisotopic (exact) mass is 258 g/mol. The number of carbonyl (C=O) groups excluding carboxylic acids is 1. The van der Waals surface area contributed by atoms with Crippen molar-refractivity contribution in [3.05, 3.63) is 29.8 Å². The molecule has 0 aliphatic heterocycles. The van der Waals surface area contributed by atoms with Crippen LogP contribution in [0.1, 0.15) is 36.0 Å². The fraction of sp³-hybridized carbons (Fsp3) is 0.467. The fourth-order valence-corrected chi connectivity index (χ4v) is 3.11. The van der Waals surface area contributed by atoms with Crippen LogP contribution in [0, 0.1) is 11.8 Å². The lowest BCUT2D eigenvalue weighted by Crippen LogP contribution is -2.21. The van der Waals surface area contributed by atoms with Crippen LogP contribution in [0.15, 0.2) is 29.4 Å². The number of hydrogen-bond acceptors (Lipinski definition) is 3. The highest BCUT2D eigenvalue weighted by molar-refractivity contribution is 5.96. The predicted molar refractivity (Wildman–Crippen MR) is 73.3 cm³/mol. The molecule has 1 aromatic rings. The summed E-state index contributed by atoms with van der Waals surface area (Å²) in [6.07, 6.45) is 4.88. The van der Waals surface area contributed by atoms with Crippen LogP contribution in [0.4, 0.5) is 0 Å². The van der Waals surface area contributed by atoms with E-state index < -0.39 is 0 Å². The number of methoxy groups -OCH3 is 1. The maximum atomic E-state index is 12.0. The maximum Gasteiger partial charge on any atom is 0.271 e. The highest BCUT2D eigenvalue weighted by atomic mass is 16.5. The number of nitrogens with zero attached hydrogens (tertiary/aromatic N) is 1. The standard InChI is InChI=1S/C15H18N2O2/c1-19-13-4-2-3-12(9-13)15(18)17-16-14-8-10-5-6-11(14)7-10/h2-4,9-11H,5-8H2,1H3,(H,17,18)/b16-14-/t10-,11+/m1/s1. The molecule has 1 aromatic carbocycles. The van der Waals surface area contributed by atoms with Gasteiger partial charge in [-0.2, -0.15) is 5.10 Å². The van der Waals surface area contributed by atoms with Crippen molar-refractivity contribution in [2.75, 3.05) is 7.11 Å². The molecule has 2 saturated carbocycles. The van der Waals surface area contributed by atoms with Crippen molar-refractivity contribution >= 4 is 11.6 Å². The van der Waals surface area contributed by atoms with E-state index in [0.29, 0.717) is 17.2 Å². The van der Waals surface area contributed by atoms with Gasteiger partial charge in [0.05, 0.1) is 7.11 Å². The van der Waals surface area contributed by atoms with E-state index in [0.717, 1.165) is 12.3 Å². The summed E-state index contributed by atoms with van der Waals surface area (Å²) in [5.41, 5.74) is 4.42. The summed E-state index contributed by atoms with van der Waals surface area (Å²) < 4.78 is 5.11. The van der Waals surface area contributed by atoms with Gasteiger partial charge < -0.3 is 4.74 Å². The quantitative estimate of drug-likeness (QED) is 0.847. The average molecular weight is 258 g/mol. The molecular weight excluding hydrogens is 240 g/mol. The number of benzene rings is 1. The zero-order chi connectivity index (χ0) is 13.2. The van der Waals surface area contributed by atoms with Gasteiger partial charge in [-0.1, -0.05) is 6.07 Å². The molecule has 0 spiro atoms. The summed E-state index contributed by atoms with van der Waals surface area (Å²) >= 11 is 0. The zero-order valence-corrected chi connectivity index (χ0v) is 11.1. The minimum atomic E-state index is -0.172. The molecule has 2 atom stereocenters. The number of rotatable bonds is 3. The Morgan fingerprint density at radius 3 is 3.00 bits per heavy atom. The van der Waals surface area contributed by atoms with E-state index in [-0.39, 0.29) is 5.91 Å². The molecule has 0 heterocycles. The van der Waals surface area contributed by atoms with Crippen molar-refractivity contribution in [2.24, 2.45) is 16.9 Å². The molecule has 1 N–H and O–H groups in total. The molecule has 0 aromatic heterocycles. The number of fused-ring (bicyclic) bond motifs is 2. The van der Waals surface area contributed by atoms with Gasteiger partial charge in [-0.3, -0.25) is 4.79 Å². The first-order chi connectivity index (χ1) is 9.26. The van der Waals surface area contributed by atoms with Gasteiger partial charge in [0.15, 0.2) is 0 Å². The summed E-state index contributed by atoms with van der Waals surface area (Å²) in [6, 6.07) is 7.10. The van der Waals surface area contributed by atoms with E-state index >= 15 is 0 Å². The van der Waals surface area contributed by atoms with E-state index in [1.165, 1.54) is 25.0 Å². The Labute approximate surface area is 112 Å². The van der Waals surface area contributed by atoms with Crippen LogP contribution < -0.4 is 10.2 Å². The molecule has 1 amide bonds. The first kappa shape index (κ1) is 12.2. The summed E-state index contributed by atoms with van der Waals surface area (Å²) in [5, 5.41) is 4.31. The smallest absolute Gasteiger partial charge is 0.271 e. The number of nitrogens with one attached hydrogen (secondary N) is 1. The first-order valence-corrected chi connectivity index (χ1v) is 6.77. The van der Waals surface area contributed by atoms with Crippen molar-refractivity contribution in [3.8, 4) is 5.75 Å². The molecule has 100 valence electrons. The summed E-state index contributed by atoms with van der Waals surface area (Å²) in [6.45, 7) is 0. The number of amides is 1. The third-order valence-corrected chi connectivity index (χ3v) is 4.14. The van der Waals surface area contributed by atoms with Crippen molar-refractivity contribution in [3.63, 3.8) is 0 Å². The molecule has 0 radical (unpaired) electrons. The maximum absolute atomic E-state index is 12.0. The van der Waals surface area contributed by atoms with Crippen LogP contribution in [0.5, 0.6) is 5.75 Å². The van der Waals surface area contributed by atoms with E-state index in [1.54, 1.807) is 25.3 Å². The lowest BCUT2D eigenvalue weighted by molar-refractivity contribution is 0.0954. The van der Waals surface area contributed by atoms with Crippen molar-refractivity contribution < 1.29 is 9.53 Å². The molecule has 3 rings (SSSR count). The van der Waals surface area contributed by atoms with Crippen LogP contribution >= 0.6 is 0 Å². The normalized spacial score (nSPS) is 26.7. The van der Waals surface area contributed by atoms with Crippen LogP contribution in [-0.4, -0.2) is 18.7 Å². The fourth-order valence-electron chi connectivity index (χ4n) is 3.11. The minimum Gasteiger partial charge on any atom is -0.497 e. The van der Waals surface area contributed by atoms with Gasteiger partial charge in [0.25, 0.3) is 5.91 Å². The number of hydrazone groups is 1. The lowest BCUT2D eigenvalue weighted by atomic mass is 9.99. The van der Waals surface area contributed by atoms with Crippen LogP contribution in [-0.2, 0) is 0 Å². The second kappa shape index (κ2) is 5.03. The summed E-state index contributed by atoms with van der Waals surface area (Å²) in [7, 11) is 1.59. The molecule has 0 saturated heterocycles. The molecule has 0 unspecified atom stereocenters. The van der Waals surface area contributed by atoms with Gasteiger partial charge in [0, 0.05) is 11.3 Å². The SMILES string of the molecule is COc1cccc(C(=O)N/N=C2/C[C@@H]3CC[C@H]2C3)c1. The van der Waals surface area contributed by atoms with Crippen LogP contribution in [0.2, 0.25) is 0 Å². The molecule has 4 heteroatoms. The minimum absolute atomic E-state index is 0.172. The Balaban J connectivity index is 1.66. The first-order valence-electron chi connectivity index (χ1n) is 6.77. The summed E-state index contributed by atoms with van der Waals surface area (Å²) in [5.74, 6) is 1.92. The topological polar surface area (TPSA) is 50.7 Å². The van der Waals surface area contributed by atoms with Gasteiger partial charge in [-0.15, -0.1) is 0 Å². The van der Waals surface area contributed by atoms with E-state index in [4.69, 9.17) is 4.74 Å². The van der Waals surface area contributed by atoms with E-state index in [2.05, 4.69) is 10.5 Å². The number of ether oxygens (including phenoxy) is 1. The molecule has 4 nitrogen and oxygen atoms in total. The van der Waals surface area contributed by atoms with Crippen molar-refractivity contribution in [1.29, 1.82) is 0 Å². The predicted octanol–water partition coefficient (Wildman–Crippen LogP) is 2.60. The van der Waals surface area contributed by atoms with Gasteiger partial charge in [0.1, 0.15) is 5.75 Å². The third kappa shape index (κ3) is 2.48. The van der Waals surface area contributed by atoms with Gasteiger partial charge in [0.2, 0.25) is 0 Å². The average Bonchev–Trinajstić information content (AvgIpc) is 3.07. The largest absolute Gasteiger partial charge is 0.497 e. The molecular formula is C15H18N2O2.